The third kappa shape index (κ3) is 3.26. The number of nitrogens with two attached hydrogens (primary N) is 2. The maximum absolute atomic E-state index is 11.1. The average molecular weight is 272 g/mol. The van der Waals surface area contributed by atoms with Crippen molar-refractivity contribution in [3.05, 3.63) is 53.7 Å². The van der Waals surface area contributed by atoms with Gasteiger partial charge in [0.15, 0.2) is 0 Å². The van der Waals surface area contributed by atoms with E-state index in [9.17, 15) is 4.79 Å². The van der Waals surface area contributed by atoms with Gasteiger partial charge in [-0.1, -0.05) is 18.3 Å². The molecule has 1 amide bonds. The van der Waals surface area contributed by atoms with Crippen LogP contribution in [0.1, 0.15) is 15.9 Å². The van der Waals surface area contributed by atoms with Crippen molar-refractivity contribution in [1.82, 2.24) is 4.98 Å². The molecule has 0 fully saturated rings. The number of pyridine rings is 1. The number of carbonyl (C=O) groups excluding carboxylic acids is 1. The second-order valence-corrected chi connectivity index (χ2v) is 4.30. The van der Waals surface area contributed by atoms with Gasteiger partial charge in [0.2, 0.25) is 5.91 Å². The minimum atomic E-state index is -0.478. The summed E-state index contributed by atoms with van der Waals surface area (Å²) < 4.78 is 0. The fraction of sp³-hybridized carbons (Fsp3) is 0. The fourth-order valence-corrected chi connectivity index (χ4v) is 1.68. The van der Waals surface area contributed by atoms with Crippen LogP contribution in [0.25, 0.3) is 0 Å². The average Bonchev–Trinajstić information content (AvgIpc) is 2.39. The van der Waals surface area contributed by atoms with Gasteiger partial charge in [-0.05, 0) is 30.3 Å². The number of primary amides is 1. The van der Waals surface area contributed by atoms with Crippen LogP contribution in [0.4, 0.5) is 11.5 Å². The molecule has 2 rings (SSSR count). The number of nitrogens with one attached hydrogen (secondary N) is 1. The van der Waals surface area contributed by atoms with Crippen molar-refractivity contribution in [3.8, 4) is 0 Å². The molecule has 2 aromatic rings. The van der Waals surface area contributed by atoms with E-state index in [2.05, 4.69) is 10.3 Å². The normalized spacial score (nSPS) is 9.89. The van der Waals surface area contributed by atoms with Crippen molar-refractivity contribution in [3.63, 3.8) is 0 Å². The molecule has 96 valence electrons. The lowest BCUT2D eigenvalue weighted by Gasteiger charge is -2.07. The van der Waals surface area contributed by atoms with Gasteiger partial charge in [0.05, 0.1) is 0 Å². The molecule has 5 nitrogen and oxygen atoms in total. The van der Waals surface area contributed by atoms with Crippen molar-refractivity contribution in [2.24, 2.45) is 11.5 Å². The molecule has 0 unspecified atom stereocenters. The first kappa shape index (κ1) is 13.0. The predicted molar refractivity (Wildman–Crippen MR) is 78.4 cm³/mol. The number of hydrogen-bond acceptors (Lipinski definition) is 4. The van der Waals surface area contributed by atoms with Gasteiger partial charge < -0.3 is 16.8 Å². The van der Waals surface area contributed by atoms with Crippen molar-refractivity contribution in [2.75, 3.05) is 5.32 Å². The summed E-state index contributed by atoms with van der Waals surface area (Å²) in [4.78, 5) is 15.5. The number of nitrogens with zero attached hydrogens (tertiary/aromatic N) is 1. The zero-order valence-corrected chi connectivity index (χ0v) is 10.8. The van der Waals surface area contributed by atoms with Gasteiger partial charge in [0, 0.05) is 23.0 Å². The number of aromatic nitrogens is 1. The number of thiocarbonyl (C=S) groups is 1. The highest BCUT2D eigenvalue weighted by molar-refractivity contribution is 7.80. The van der Waals surface area contributed by atoms with Crippen LogP contribution in [0.3, 0.4) is 0 Å². The molecular formula is C13H12N4OS. The SMILES string of the molecule is NC(=O)c1cccc(Nc2cc(C(N)=S)ccn2)c1. The summed E-state index contributed by atoms with van der Waals surface area (Å²) in [7, 11) is 0. The van der Waals surface area contributed by atoms with Crippen LogP contribution in [0.15, 0.2) is 42.6 Å². The quantitative estimate of drug-likeness (QED) is 0.734. The van der Waals surface area contributed by atoms with Crippen molar-refractivity contribution in [2.45, 2.75) is 0 Å². The van der Waals surface area contributed by atoms with E-state index in [0.29, 0.717) is 22.1 Å². The molecule has 0 spiro atoms. The first-order valence-corrected chi connectivity index (χ1v) is 5.90. The molecule has 0 radical (unpaired) electrons. The Hall–Kier alpha value is -2.47. The third-order valence-electron chi connectivity index (χ3n) is 2.46. The molecule has 1 heterocycles. The molecule has 0 aliphatic rings. The van der Waals surface area contributed by atoms with E-state index in [4.69, 9.17) is 23.7 Å². The topological polar surface area (TPSA) is 94.0 Å². The molecule has 5 N–H and O–H groups in total. The first-order chi connectivity index (χ1) is 9.06. The van der Waals surface area contributed by atoms with E-state index in [1.54, 1.807) is 36.5 Å². The molecule has 0 bridgehead atoms. The summed E-state index contributed by atoms with van der Waals surface area (Å²) in [5.74, 6) is 0.111. The van der Waals surface area contributed by atoms with Crippen LogP contribution in [-0.4, -0.2) is 15.9 Å². The molecule has 1 aromatic heterocycles. The highest BCUT2D eigenvalue weighted by atomic mass is 32.1. The summed E-state index contributed by atoms with van der Waals surface area (Å²) in [6.45, 7) is 0. The number of amides is 1. The number of benzene rings is 1. The minimum absolute atomic E-state index is 0.302. The number of anilines is 2. The monoisotopic (exact) mass is 272 g/mol. The van der Waals surface area contributed by atoms with Gasteiger partial charge in [-0.2, -0.15) is 0 Å². The summed E-state index contributed by atoms with van der Waals surface area (Å²) >= 11 is 4.90. The van der Waals surface area contributed by atoms with Crippen LogP contribution < -0.4 is 16.8 Å². The second kappa shape index (κ2) is 5.45. The van der Waals surface area contributed by atoms with Crippen molar-refractivity contribution < 1.29 is 4.79 Å². The maximum Gasteiger partial charge on any atom is 0.248 e. The molecule has 19 heavy (non-hydrogen) atoms. The van der Waals surface area contributed by atoms with Gasteiger partial charge >= 0.3 is 0 Å². The van der Waals surface area contributed by atoms with Gasteiger partial charge in [0.1, 0.15) is 10.8 Å². The molecule has 0 aliphatic carbocycles. The van der Waals surface area contributed by atoms with Crippen LogP contribution in [0, 0.1) is 0 Å². The number of carbonyl (C=O) groups is 1. The lowest BCUT2D eigenvalue weighted by atomic mass is 10.2. The predicted octanol–water partition coefficient (Wildman–Crippen LogP) is 1.56. The first-order valence-electron chi connectivity index (χ1n) is 5.49. The molecule has 0 atom stereocenters. The lowest BCUT2D eigenvalue weighted by Crippen LogP contribution is -2.11. The van der Waals surface area contributed by atoms with E-state index in [1.807, 2.05) is 6.07 Å². The standard InChI is InChI=1S/C13H12N4OS/c14-12(18)8-2-1-3-10(6-8)17-11-7-9(13(15)19)4-5-16-11/h1-7H,(H2,14,18)(H2,15,19)(H,16,17). The Morgan fingerprint density at radius 3 is 2.63 bits per heavy atom. The Morgan fingerprint density at radius 1 is 1.16 bits per heavy atom. The smallest absolute Gasteiger partial charge is 0.248 e. The Bertz CT molecular complexity index is 587. The fourth-order valence-electron chi connectivity index (χ4n) is 1.55. The Balaban J connectivity index is 2.26. The Labute approximate surface area is 115 Å². The number of rotatable bonds is 4. The van der Waals surface area contributed by atoms with Crippen LogP contribution in [0.5, 0.6) is 0 Å². The molecule has 0 aliphatic heterocycles. The van der Waals surface area contributed by atoms with E-state index in [0.717, 1.165) is 5.56 Å². The zero-order chi connectivity index (χ0) is 13.8. The molecule has 0 saturated carbocycles. The lowest BCUT2D eigenvalue weighted by molar-refractivity contribution is 0.100. The minimum Gasteiger partial charge on any atom is -0.389 e. The van der Waals surface area contributed by atoms with Crippen LogP contribution in [-0.2, 0) is 0 Å². The molecule has 6 heteroatoms. The summed E-state index contributed by atoms with van der Waals surface area (Å²) in [5, 5.41) is 3.06. The van der Waals surface area contributed by atoms with Gasteiger partial charge in [-0.15, -0.1) is 0 Å². The van der Waals surface area contributed by atoms with Crippen LogP contribution in [0.2, 0.25) is 0 Å². The summed E-state index contributed by atoms with van der Waals surface area (Å²) in [5.41, 5.74) is 12.6. The Kier molecular flexibility index (Phi) is 3.72. The molecule has 1 aromatic carbocycles. The van der Waals surface area contributed by atoms with E-state index >= 15 is 0 Å². The highest BCUT2D eigenvalue weighted by Crippen LogP contribution is 2.16. The van der Waals surface area contributed by atoms with E-state index < -0.39 is 5.91 Å². The van der Waals surface area contributed by atoms with Gasteiger partial charge in [-0.3, -0.25) is 4.79 Å². The summed E-state index contributed by atoms with van der Waals surface area (Å²) in [6, 6.07) is 10.3. The maximum atomic E-state index is 11.1. The highest BCUT2D eigenvalue weighted by Gasteiger charge is 2.03. The van der Waals surface area contributed by atoms with Crippen molar-refractivity contribution >= 4 is 34.6 Å². The third-order valence-corrected chi connectivity index (χ3v) is 2.70. The largest absolute Gasteiger partial charge is 0.389 e. The second-order valence-electron chi connectivity index (χ2n) is 3.86. The van der Waals surface area contributed by atoms with Gasteiger partial charge in [-0.25, -0.2) is 4.98 Å². The zero-order valence-electron chi connectivity index (χ0n) is 9.96. The van der Waals surface area contributed by atoms with Crippen LogP contribution >= 0.6 is 12.2 Å². The van der Waals surface area contributed by atoms with E-state index in [1.165, 1.54) is 0 Å². The van der Waals surface area contributed by atoms with Gasteiger partial charge in [0.25, 0.3) is 0 Å². The molecule has 0 saturated heterocycles. The summed E-state index contributed by atoms with van der Waals surface area (Å²) in [6.07, 6.45) is 1.61. The Morgan fingerprint density at radius 2 is 1.95 bits per heavy atom. The number of hydrogen-bond donors (Lipinski definition) is 3. The van der Waals surface area contributed by atoms with Crippen molar-refractivity contribution in [1.29, 1.82) is 0 Å². The van der Waals surface area contributed by atoms with E-state index in [-0.39, 0.29) is 0 Å². The molecular weight excluding hydrogens is 260 g/mol.